The van der Waals surface area contributed by atoms with Crippen molar-refractivity contribution in [3.05, 3.63) is 30.1 Å². The van der Waals surface area contributed by atoms with Crippen LogP contribution in [0.25, 0.3) is 15.5 Å². The third kappa shape index (κ3) is 2.32. The minimum atomic E-state index is -0.509. The van der Waals surface area contributed by atoms with Crippen LogP contribution in [-0.2, 0) is 4.79 Å². The summed E-state index contributed by atoms with van der Waals surface area (Å²) in [6.07, 6.45) is 0. The van der Waals surface area contributed by atoms with Crippen molar-refractivity contribution in [1.29, 1.82) is 0 Å². The van der Waals surface area contributed by atoms with E-state index in [0.29, 0.717) is 5.75 Å². The molecule has 0 aliphatic carbocycles. The van der Waals surface area contributed by atoms with Gasteiger partial charge in [-0.05, 0) is 19.1 Å². The summed E-state index contributed by atoms with van der Waals surface area (Å²) in [6, 6.07) is 7.32. The Balaban J connectivity index is 1.92. The van der Waals surface area contributed by atoms with E-state index in [-0.39, 0.29) is 6.61 Å². The van der Waals surface area contributed by atoms with E-state index < -0.39 is 5.91 Å². The van der Waals surface area contributed by atoms with Crippen molar-refractivity contribution in [3.63, 3.8) is 0 Å². The summed E-state index contributed by atoms with van der Waals surface area (Å²) in [4.78, 5) is 11.5. The van der Waals surface area contributed by atoms with E-state index >= 15 is 0 Å². The Bertz CT molecular complexity index is 779. The fourth-order valence-corrected chi connectivity index (χ4v) is 2.59. The van der Waals surface area contributed by atoms with Gasteiger partial charge in [0.1, 0.15) is 10.8 Å². The molecule has 20 heavy (non-hydrogen) atoms. The highest BCUT2D eigenvalue weighted by Gasteiger charge is 2.11. The first-order valence-electron chi connectivity index (χ1n) is 5.84. The minimum absolute atomic E-state index is 0.145. The maximum absolute atomic E-state index is 10.7. The third-order valence-corrected chi connectivity index (χ3v) is 3.56. The number of nitrogens with two attached hydrogens (primary N) is 1. The highest BCUT2D eigenvalue weighted by molar-refractivity contribution is 7.19. The molecule has 0 spiro atoms. The molecule has 0 fully saturated rings. The smallest absolute Gasteiger partial charge is 0.255 e. The minimum Gasteiger partial charge on any atom is -0.484 e. The standard InChI is InChI=1S/C12H11N5O2S/c1-7-14-15-12-17(7)16-11(20-12)8-3-2-4-9(5-8)19-6-10(13)18/h2-5H,6H2,1H3,(H2,13,18). The summed E-state index contributed by atoms with van der Waals surface area (Å²) in [7, 11) is 0. The number of primary amides is 1. The molecule has 7 nitrogen and oxygen atoms in total. The van der Waals surface area contributed by atoms with Crippen molar-refractivity contribution in [2.45, 2.75) is 6.92 Å². The van der Waals surface area contributed by atoms with Crippen molar-refractivity contribution < 1.29 is 9.53 Å². The number of nitrogens with zero attached hydrogens (tertiary/aromatic N) is 4. The van der Waals surface area contributed by atoms with Gasteiger partial charge in [-0.1, -0.05) is 23.5 Å². The van der Waals surface area contributed by atoms with Crippen molar-refractivity contribution in [2.75, 3.05) is 6.61 Å². The van der Waals surface area contributed by atoms with Crippen molar-refractivity contribution in [3.8, 4) is 16.3 Å². The normalized spacial score (nSPS) is 10.8. The van der Waals surface area contributed by atoms with Crippen LogP contribution >= 0.6 is 11.3 Å². The van der Waals surface area contributed by atoms with Crippen LogP contribution < -0.4 is 10.5 Å². The van der Waals surface area contributed by atoms with Gasteiger partial charge in [0.2, 0.25) is 4.96 Å². The van der Waals surface area contributed by atoms with Crippen LogP contribution in [0.5, 0.6) is 5.75 Å². The van der Waals surface area contributed by atoms with Gasteiger partial charge in [0.05, 0.1) is 0 Å². The monoisotopic (exact) mass is 289 g/mol. The Morgan fingerprint density at radius 2 is 2.30 bits per heavy atom. The van der Waals surface area contributed by atoms with Crippen molar-refractivity contribution >= 4 is 22.2 Å². The molecule has 0 saturated carbocycles. The maximum Gasteiger partial charge on any atom is 0.255 e. The highest BCUT2D eigenvalue weighted by atomic mass is 32.1. The zero-order chi connectivity index (χ0) is 14.1. The predicted molar refractivity (Wildman–Crippen MR) is 73.5 cm³/mol. The largest absolute Gasteiger partial charge is 0.484 e. The summed E-state index contributed by atoms with van der Waals surface area (Å²) < 4.78 is 6.97. The molecular formula is C12H11N5O2S. The first-order valence-corrected chi connectivity index (χ1v) is 6.65. The Morgan fingerprint density at radius 1 is 1.45 bits per heavy atom. The molecule has 0 unspecified atom stereocenters. The molecule has 0 aliphatic rings. The Labute approximate surface area is 118 Å². The average molecular weight is 289 g/mol. The van der Waals surface area contributed by atoms with Crippen molar-refractivity contribution in [2.24, 2.45) is 5.73 Å². The number of ether oxygens (including phenoxy) is 1. The van der Waals surface area contributed by atoms with E-state index in [9.17, 15) is 4.79 Å². The highest BCUT2D eigenvalue weighted by Crippen LogP contribution is 2.28. The lowest BCUT2D eigenvalue weighted by Crippen LogP contribution is -2.19. The van der Waals surface area contributed by atoms with Crippen molar-refractivity contribution in [1.82, 2.24) is 19.8 Å². The Morgan fingerprint density at radius 3 is 3.05 bits per heavy atom. The fraction of sp³-hybridized carbons (Fsp3) is 0.167. The number of hydrogen-bond donors (Lipinski definition) is 1. The van der Waals surface area contributed by atoms with Crippen LogP contribution in [0, 0.1) is 6.92 Å². The Kier molecular flexibility index (Phi) is 3.07. The van der Waals surface area contributed by atoms with Gasteiger partial charge in [-0.2, -0.15) is 9.61 Å². The molecule has 3 aromatic rings. The summed E-state index contributed by atoms with van der Waals surface area (Å²) in [6.45, 7) is 1.70. The molecule has 1 aromatic carbocycles. The molecule has 0 aliphatic heterocycles. The van der Waals surface area contributed by atoms with E-state index in [1.165, 1.54) is 11.3 Å². The van der Waals surface area contributed by atoms with Crippen LogP contribution in [0.4, 0.5) is 0 Å². The van der Waals surface area contributed by atoms with Gasteiger partial charge >= 0.3 is 0 Å². The number of rotatable bonds is 4. The number of aryl methyl sites for hydroxylation is 1. The quantitative estimate of drug-likeness (QED) is 0.773. The molecule has 0 radical (unpaired) electrons. The molecule has 0 saturated heterocycles. The summed E-state index contributed by atoms with van der Waals surface area (Å²) in [5.74, 6) is 0.803. The van der Waals surface area contributed by atoms with E-state index in [1.54, 1.807) is 10.6 Å². The topological polar surface area (TPSA) is 95.4 Å². The summed E-state index contributed by atoms with van der Waals surface area (Å²) >= 11 is 1.44. The number of aromatic nitrogens is 4. The summed E-state index contributed by atoms with van der Waals surface area (Å²) in [5, 5.41) is 13.2. The second kappa shape index (κ2) is 4.89. The summed E-state index contributed by atoms with van der Waals surface area (Å²) in [5.41, 5.74) is 5.94. The van der Waals surface area contributed by atoms with Gasteiger partial charge in [-0.25, -0.2) is 0 Å². The molecular weight excluding hydrogens is 278 g/mol. The number of amides is 1. The molecule has 2 aromatic heterocycles. The first-order chi connectivity index (χ1) is 9.63. The van der Waals surface area contributed by atoms with Gasteiger partial charge in [0, 0.05) is 5.56 Å². The molecule has 2 N–H and O–H groups in total. The van der Waals surface area contributed by atoms with Crippen LogP contribution in [0.1, 0.15) is 5.82 Å². The van der Waals surface area contributed by atoms with E-state index in [0.717, 1.165) is 21.4 Å². The van der Waals surface area contributed by atoms with Gasteiger partial charge in [-0.15, -0.1) is 10.2 Å². The number of carbonyl (C=O) groups is 1. The average Bonchev–Trinajstić information content (AvgIpc) is 3.00. The number of benzene rings is 1. The molecule has 0 bridgehead atoms. The lowest BCUT2D eigenvalue weighted by molar-refractivity contribution is -0.119. The second-order valence-corrected chi connectivity index (χ2v) is 5.09. The van der Waals surface area contributed by atoms with Crippen LogP contribution in [0.2, 0.25) is 0 Å². The molecule has 8 heteroatoms. The number of carbonyl (C=O) groups excluding carboxylic acids is 1. The van der Waals surface area contributed by atoms with Gasteiger partial charge in [0.15, 0.2) is 12.4 Å². The zero-order valence-electron chi connectivity index (χ0n) is 10.6. The van der Waals surface area contributed by atoms with E-state index in [1.807, 2.05) is 25.1 Å². The second-order valence-electron chi connectivity index (χ2n) is 4.13. The van der Waals surface area contributed by atoms with Gasteiger partial charge in [-0.3, -0.25) is 4.79 Å². The lowest BCUT2D eigenvalue weighted by atomic mass is 10.2. The predicted octanol–water partition coefficient (Wildman–Crippen LogP) is 1.03. The molecule has 3 rings (SSSR count). The number of fused-ring (bicyclic) bond motifs is 1. The molecule has 1 amide bonds. The van der Waals surface area contributed by atoms with Gasteiger partial charge < -0.3 is 10.5 Å². The number of hydrogen-bond acceptors (Lipinski definition) is 6. The maximum atomic E-state index is 10.7. The third-order valence-electron chi connectivity index (χ3n) is 2.61. The van der Waals surface area contributed by atoms with E-state index in [4.69, 9.17) is 10.5 Å². The van der Waals surface area contributed by atoms with Crippen LogP contribution in [0.15, 0.2) is 24.3 Å². The molecule has 0 atom stereocenters. The first kappa shape index (κ1) is 12.5. The van der Waals surface area contributed by atoms with Crippen LogP contribution in [-0.4, -0.2) is 32.3 Å². The van der Waals surface area contributed by atoms with Gasteiger partial charge in [0.25, 0.3) is 5.91 Å². The molecule has 102 valence electrons. The van der Waals surface area contributed by atoms with E-state index in [2.05, 4.69) is 15.3 Å². The zero-order valence-corrected chi connectivity index (χ0v) is 11.4. The molecule has 2 heterocycles. The SMILES string of the molecule is Cc1nnc2sc(-c3cccc(OCC(N)=O)c3)nn12. The van der Waals surface area contributed by atoms with Crippen LogP contribution in [0.3, 0.4) is 0 Å². The lowest BCUT2D eigenvalue weighted by Gasteiger charge is -2.04. The Hall–Kier alpha value is -2.48. The fourth-order valence-electron chi connectivity index (χ4n) is 1.70.